The predicted molar refractivity (Wildman–Crippen MR) is 98.8 cm³/mol. The van der Waals surface area contributed by atoms with Gasteiger partial charge in [-0.3, -0.25) is 10.7 Å². The number of ether oxygens (including phenoxy) is 3. The number of carbonyl (C=O) groups is 2. The summed E-state index contributed by atoms with van der Waals surface area (Å²) in [4.78, 5) is 25.4. The lowest BCUT2D eigenvalue weighted by Gasteiger charge is -2.28. The van der Waals surface area contributed by atoms with E-state index in [1.807, 2.05) is 0 Å². The summed E-state index contributed by atoms with van der Waals surface area (Å²) in [5.41, 5.74) is -1.17. The second-order valence-corrected chi connectivity index (χ2v) is 7.49. The van der Waals surface area contributed by atoms with Crippen molar-refractivity contribution in [1.82, 2.24) is 5.32 Å². The Balaban J connectivity index is 3.08. The van der Waals surface area contributed by atoms with Crippen LogP contribution in [0.5, 0.6) is 5.75 Å². The molecule has 0 heterocycles. The van der Waals surface area contributed by atoms with Gasteiger partial charge >= 0.3 is 12.2 Å². The van der Waals surface area contributed by atoms with Crippen molar-refractivity contribution in [3.8, 4) is 5.75 Å². The molecule has 0 spiro atoms. The normalized spacial score (nSPS) is 11.3. The molecule has 2 N–H and O–H groups in total. The van der Waals surface area contributed by atoms with Crippen molar-refractivity contribution >= 4 is 23.8 Å². The zero-order valence-electron chi connectivity index (χ0n) is 16.3. The average molecular weight is 365 g/mol. The van der Waals surface area contributed by atoms with Crippen LogP contribution in [0.15, 0.2) is 24.3 Å². The molecule has 0 radical (unpaired) electrons. The molecule has 0 atom stereocenters. The highest BCUT2D eigenvalue weighted by Gasteiger charge is 2.29. The summed E-state index contributed by atoms with van der Waals surface area (Å²) in [6.45, 7) is 10.2. The maximum Gasteiger partial charge on any atom is 0.421 e. The second-order valence-electron chi connectivity index (χ2n) is 7.49. The Bertz CT molecular complexity index is 657. The molecule has 0 saturated carbocycles. The Kier molecular flexibility index (Phi) is 6.60. The number of methoxy groups -OCH3 is 1. The highest BCUT2D eigenvalue weighted by molar-refractivity contribution is 6.15. The summed E-state index contributed by atoms with van der Waals surface area (Å²) < 4.78 is 15.6. The van der Waals surface area contributed by atoms with Gasteiger partial charge in [0.15, 0.2) is 0 Å². The van der Waals surface area contributed by atoms with Crippen molar-refractivity contribution in [2.24, 2.45) is 0 Å². The van der Waals surface area contributed by atoms with E-state index in [0.29, 0.717) is 11.4 Å². The van der Waals surface area contributed by atoms with E-state index in [1.165, 1.54) is 7.11 Å². The third-order valence-electron chi connectivity index (χ3n) is 2.75. The molecule has 0 bridgehead atoms. The van der Waals surface area contributed by atoms with Gasteiger partial charge in [-0.05, 0) is 65.8 Å². The number of carbonyl (C=O) groups excluding carboxylic acids is 2. The summed E-state index contributed by atoms with van der Waals surface area (Å²) in [6, 6.07) is 6.42. The molecule has 0 aliphatic heterocycles. The molecule has 8 nitrogen and oxygen atoms in total. The van der Waals surface area contributed by atoms with Crippen molar-refractivity contribution in [3.05, 3.63) is 24.3 Å². The number of nitrogens with one attached hydrogen (secondary N) is 2. The van der Waals surface area contributed by atoms with Crippen LogP contribution in [0.4, 0.5) is 15.3 Å². The maximum atomic E-state index is 12.6. The Hall–Kier alpha value is -2.77. The molecule has 0 aliphatic rings. The van der Waals surface area contributed by atoms with E-state index in [4.69, 9.17) is 19.6 Å². The zero-order chi connectivity index (χ0) is 20.1. The monoisotopic (exact) mass is 365 g/mol. The average Bonchev–Trinajstić information content (AvgIpc) is 2.44. The molecule has 144 valence electrons. The van der Waals surface area contributed by atoms with Crippen LogP contribution in [0.2, 0.25) is 0 Å². The highest BCUT2D eigenvalue weighted by atomic mass is 16.6. The quantitative estimate of drug-likeness (QED) is 0.611. The van der Waals surface area contributed by atoms with Crippen molar-refractivity contribution in [1.29, 1.82) is 5.41 Å². The predicted octanol–water partition coefficient (Wildman–Crippen LogP) is 3.90. The number of nitrogens with zero attached hydrogens (tertiary/aromatic N) is 1. The molecule has 0 fully saturated rings. The van der Waals surface area contributed by atoms with Gasteiger partial charge < -0.3 is 14.2 Å². The third kappa shape index (κ3) is 7.00. The lowest BCUT2D eigenvalue weighted by atomic mass is 10.2. The third-order valence-corrected chi connectivity index (χ3v) is 2.75. The fourth-order valence-corrected chi connectivity index (χ4v) is 1.82. The first kappa shape index (κ1) is 21.3. The summed E-state index contributed by atoms with van der Waals surface area (Å²) in [7, 11) is 1.52. The number of anilines is 1. The van der Waals surface area contributed by atoms with Crippen LogP contribution in [-0.2, 0) is 9.47 Å². The Morgan fingerprint density at radius 2 is 1.46 bits per heavy atom. The maximum absolute atomic E-state index is 12.6. The smallest absolute Gasteiger partial charge is 0.421 e. The number of alkyl carbamates (subject to hydrolysis) is 1. The first-order chi connectivity index (χ1) is 11.8. The summed E-state index contributed by atoms with van der Waals surface area (Å²) in [6.07, 6.45) is -1.65. The number of benzene rings is 1. The van der Waals surface area contributed by atoms with Gasteiger partial charge in [-0.1, -0.05) is 0 Å². The molecule has 0 unspecified atom stereocenters. The molecular formula is C18H27N3O5. The number of guanidine groups is 1. The minimum Gasteiger partial charge on any atom is -0.497 e. The molecule has 2 amide bonds. The molecule has 26 heavy (non-hydrogen) atoms. The van der Waals surface area contributed by atoms with Gasteiger partial charge in [-0.2, -0.15) is 0 Å². The lowest BCUT2D eigenvalue weighted by Crippen LogP contribution is -2.49. The van der Waals surface area contributed by atoms with Crippen LogP contribution in [0, 0.1) is 5.41 Å². The zero-order valence-corrected chi connectivity index (χ0v) is 16.3. The van der Waals surface area contributed by atoms with Gasteiger partial charge in [-0.15, -0.1) is 0 Å². The fraction of sp³-hybridized carbons (Fsp3) is 0.500. The van der Waals surface area contributed by atoms with Gasteiger partial charge in [0.05, 0.1) is 12.8 Å². The first-order valence-corrected chi connectivity index (χ1v) is 8.08. The minimum absolute atomic E-state index is 0.334. The Labute approximate surface area is 153 Å². The van der Waals surface area contributed by atoms with E-state index < -0.39 is 29.3 Å². The fourth-order valence-electron chi connectivity index (χ4n) is 1.82. The van der Waals surface area contributed by atoms with Crippen LogP contribution >= 0.6 is 0 Å². The van der Waals surface area contributed by atoms with Crippen molar-refractivity contribution in [2.75, 3.05) is 12.0 Å². The largest absolute Gasteiger partial charge is 0.497 e. The summed E-state index contributed by atoms with van der Waals surface area (Å²) >= 11 is 0. The van der Waals surface area contributed by atoms with Gasteiger partial charge in [0, 0.05) is 0 Å². The van der Waals surface area contributed by atoms with Crippen LogP contribution in [0.3, 0.4) is 0 Å². The summed E-state index contributed by atoms with van der Waals surface area (Å²) in [5, 5.41) is 10.4. The minimum atomic E-state index is -0.843. The van der Waals surface area contributed by atoms with Crippen LogP contribution < -0.4 is 15.0 Å². The Morgan fingerprint density at radius 1 is 0.962 bits per heavy atom. The Morgan fingerprint density at radius 3 is 1.88 bits per heavy atom. The summed E-state index contributed by atoms with van der Waals surface area (Å²) in [5.74, 6) is 0.100. The number of rotatable bonds is 2. The molecule has 1 aromatic rings. The van der Waals surface area contributed by atoms with Gasteiger partial charge in [-0.25, -0.2) is 14.5 Å². The van der Waals surface area contributed by atoms with Crippen LogP contribution in [-0.4, -0.2) is 36.5 Å². The standard InChI is InChI=1S/C18H27N3O5/c1-17(2,3)25-15(22)20-14(19)21(16(23)26-18(4,5)6)12-8-10-13(24-7)11-9-12/h8-11H,1-7H3,(H2,19,20,22). The molecular weight excluding hydrogens is 338 g/mol. The van der Waals surface area contributed by atoms with Crippen molar-refractivity contribution < 1.29 is 23.8 Å². The van der Waals surface area contributed by atoms with Crippen LogP contribution in [0.25, 0.3) is 0 Å². The van der Waals surface area contributed by atoms with E-state index in [0.717, 1.165) is 4.90 Å². The molecule has 0 saturated heterocycles. The van der Waals surface area contributed by atoms with E-state index in [-0.39, 0.29) is 0 Å². The van der Waals surface area contributed by atoms with E-state index in [2.05, 4.69) is 5.32 Å². The van der Waals surface area contributed by atoms with E-state index >= 15 is 0 Å². The van der Waals surface area contributed by atoms with Gasteiger partial charge in [0.1, 0.15) is 17.0 Å². The molecule has 1 aromatic carbocycles. The SMILES string of the molecule is COc1ccc(N(C(=N)NC(=O)OC(C)(C)C)C(=O)OC(C)(C)C)cc1. The first-order valence-electron chi connectivity index (χ1n) is 8.08. The lowest BCUT2D eigenvalue weighted by molar-refractivity contribution is 0.0559. The second kappa shape index (κ2) is 8.07. The molecule has 1 rings (SSSR count). The topological polar surface area (TPSA) is 101 Å². The number of amides is 2. The number of hydrogen-bond acceptors (Lipinski definition) is 6. The van der Waals surface area contributed by atoms with Crippen LogP contribution in [0.1, 0.15) is 41.5 Å². The van der Waals surface area contributed by atoms with E-state index in [9.17, 15) is 9.59 Å². The van der Waals surface area contributed by atoms with Crippen molar-refractivity contribution in [3.63, 3.8) is 0 Å². The van der Waals surface area contributed by atoms with E-state index in [1.54, 1.807) is 65.8 Å². The molecule has 0 aliphatic carbocycles. The molecule has 0 aromatic heterocycles. The van der Waals surface area contributed by atoms with Gasteiger partial charge in [0.25, 0.3) is 0 Å². The highest BCUT2D eigenvalue weighted by Crippen LogP contribution is 2.22. The van der Waals surface area contributed by atoms with Crippen molar-refractivity contribution in [2.45, 2.75) is 52.7 Å². The van der Waals surface area contributed by atoms with Gasteiger partial charge in [0.2, 0.25) is 5.96 Å². The molecule has 8 heteroatoms. The number of hydrogen-bond donors (Lipinski definition) is 2.